The van der Waals surface area contributed by atoms with Crippen molar-refractivity contribution in [2.45, 2.75) is 13.1 Å². The van der Waals surface area contributed by atoms with Crippen LogP contribution in [-0.2, 0) is 13.1 Å². The van der Waals surface area contributed by atoms with Gasteiger partial charge in [-0.05, 0) is 12.1 Å². The highest BCUT2D eigenvalue weighted by Gasteiger charge is 2.21. The Bertz CT molecular complexity index is 589. The molecule has 0 radical (unpaired) electrons. The van der Waals surface area contributed by atoms with Crippen molar-refractivity contribution in [3.8, 4) is 11.5 Å². The van der Waals surface area contributed by atoms with Crippen molar-refractivity contribution in [1.29, 1.82) is 0 Å². The second-order valence-electron chi connectivity index (χ2n) is 5.87. The highest BCUT2D eigenvalue weighted by molar-refractivity contribution is 5.34. The Morgan fingerprint density at radius 1 is 0.739 bits per heavy atom. The number of hydrogen-bond donors (Lipinski definition) is 0. The van der Waals surface area contributed by atoms with E-state index in [1.165, 1.54) is 11.1 Å². The zero-order valence-corrected chi connectivity index (χ0v) is 13.9. The van der Waals surface area contributed by atoms with Gasteiger partial charge >= 0.3 is 0 Å². The minimum atomic E-state index is 0.923. The molecule has 2 aromatic rings. The molecule has 2 aromatic carbocycles. The molecule has 122 valence electrons. The van der Waals surface area contributed by atoms with Crippen LogP contribution in [0, 0.1) is 0 Å². The van der Waals surface area contributed by atoms with Crippen molar-refractivity contribution >= 4 is 0 Å². The molecule has 1 aliphatic rings. The summed E-state index contributed by atoms with van der Waals surface area (Å²) in [4.78, 5) is 4.90. The van der Waals surface area contributed by atoms with Crippen molar-refractivity contribution in [1.82, 2.24) is 9.80 Å². The second-order valence-corrected chi connectivity index (χ2v) is 5.87. The van der Waals surface area contributed by atoms with E-state index >= 15 is 0 Å². The topological polar surface area (TPSA) is 24.9 Å². The fourth-order valence-electron chi connectivity index (χ4n) is 3.11. The molecule has 4 heteroatoms. The number of rotatable bonds is 6. The smallest absolute Gasteiger partial charge is 0.123 e. The zero-order valence-electron chi connectivity index (χ0n) is 13.9. The van der Waals surface area contributed by atoms with Crippen LogP contribution in [0.5, 0.6) is 11.5 Å². The van der Waals surface area contributed by atoms with E-state index in [2.05, 4.69) is 34.1 Å². The van der Waals surface area contributed by atoms with Crippen molar-refractivity contribution in [3.63, 3.8) is 0 Å². The Hall–Kier alpha value is -2.04. The molecule has 0 atom stereocenters. The third kappa shape index (κ3) is 3.84. The van der Waals surface area contributed by atoms with Crippen LogP contribution >= 0.6 is 0 Å². The summed E-state index contributed by atoms with van der Waals surface area (Å²) in [6.07, 6.45) is 0. The lowest BCUT2D eigenvalue weighted by Gasteiger charge is -2.20. The molecule has 1 aliphatic heterocycles. The largest absolute Gasteiger partial charge is 0.496 e. The summed E-state index contributed by atoms with van der Waals surface area (Å²) in [5.74, 6) is 1.94. The molecule has 0 aliphatic carbocycles. The van der Waals surface area contributed by atoms with E-state index in [9.17, 15) is 0 Å². The Balaban J connectivity index is 1.60. The first-order valence-corrected chi connectivity index (χ1v) is 7.98. The van der Waals surface area contributed by atoms with Crippen LogP contribution < -0.4 is 9.47 Å². The molecule has 23 heavy (non-hydrogen) atoms. The van der Waals surface area contributed by atoms with Gasteiger partial charge in [0, 0.05) is 37.3 Å². The zero-order chi connectivity index (χ0) is 16.1. The third-order valence-corrected chi connectivity index (χ3v) is 4.31. The second kappa shape index (κ2) is 7.49. The van der Waals surface area contributed by atoms with Gasteiger partial charge in [-0.25, -0.2) is 0 Å². The normalized spacial score (nSPS) is 15.7. The summed E-state index contributed by atoms with van der Waals surface area (Å²) in [5.41, 5.74) is 2.49. The highest BCUT2D eigenvalue weighted by Crippen LogP contribution is 2.23. The molecule has 0 saturated carbocycles. The number of ether oxygens (including phenoxy) is 2. The van der Waals surface area contributed by atoms with E-state index in [0.717, 1.165) is 44.3 Å². The van der Waals surface area contributed by atoms with Gasteiger partial charge < -0.3 is 9.47 Å². The predicted octanol–water partition coefficient (Wildman–Crippen LogP) is 2.98. The number of para-hydroxylation sites is 2. The van der Waals surface area contributed by atoms with E-state index in [0.29, 0.717) is 0 Å². The molecule has 0 spiro atoms. The Morgan fingerprint density at radius 2 is 1.17 bits per heavy atom. The first-order chi connectivity index (χ1) is 11.3. The standard InChI is InChI=1S/C19H24N2O2/c1-22-18-9-5-3-7-16(18)13-20-11-12-21(15-20)14-17-8-4-6-10-19(17)23-2/h3-10H,11-15H2,1-2H3. The molecule has 0 aromatic heterocycles. The molecule has 0 unspecified atom stereocenters. The maximum Gasteiger partial charge on any atom is 0.123 e. The Kier molecular flexibility index (Phi) is 5.16. The summed E-state index contributed by atoms with van der Waals surface area (Å²) in [7, 11) is 3.47. The lowest BCUT2D eigenvalue weighted by Crippen LogP contribution is -2.25. The first-order valence-electron chi connectivity index (χ1n) is 7.98. The van der Waals surface area contributed by atoms with Gasteiger partial charge in [-0.2, -0.15) is 0 Å². The van der Waals surface area contributed by atoms with Crippen LogP contribution in [0.1, 0.15) is 11.1 Å². The van der Waals surface area contributed by atoms with Gasteiger partial charge in [-0.15, -0.1) is 0 Å². The number of benzene rings is 2. The van der Waals surface area contributed by atoms with Crippen molar-refractivity contribution in [3.05, 3.63) is 59.7 Å². The average Bonchev–Trinajstić information content (AvgIpc) is 3.03. The SMILES string of the molecule is COc1ccccc1CN1CCN(Cc2ccccc2OC)C1. The van der Waals surface area contributed by atoms with E-state index < -0.39 is 0 Å². The Morgan fingerprint density at radius 3 is 1.61 bits per heavy atom. The van der Waals surface area contributed by atoms with E-state index in [1.807, 2.05) is 24.3 Å². The summed E-state index contributed by atoms with van der Waals surface area (Å²) >= 11 is 0. The van der Waals surface area contributed by atoms with E-state index in [1.54, 1.807) is 14.2 Å². The first kappa shape index (κ1) is 15.8. The molecule has 0 N–H and O–H groups in total. The average molecular weight is 312 g/mol. The van der Waals surface area contributed by atoms with Gasteiger partial charge in [0.05, 0.1) is 20.9 Å². The van der Waals surface area contributed by atoms with Crippen LogP contribution in [0.15, 0.2) is 48.5 Å². The van der Waals surface area contributed by atoms with Crippen LogP contribution in [0.25, 0.3) is 0 Å². The van der Waals surface area contributed by atoms with E-state index in [4.69, 9.17) is 9.47 Å². The Labute approximate surface area is 138 Å². The lowest BCUT2D eigenvalue weighted by molar-refractivity contribution is 0.231. The summed E-state index contributed by atoms with van der Waals surface area (Å²) in [5, 5.41) is 0. The molecule has 1 saturated heterocycles. The molecule has 4 nitrogen and oxygen atoms in total. The summed E-state index contributed by atoms with van der Waals surface area (Å²) in [6, 6.07) is 16.5. The molecule has 3 rings (SSSR count). The number of nitrogens with zero attached hydrogens (tertiary/aromatic N) is 2. The van der Waals surface area contributed by atoms with Crippen molar-refractivity contribution in [2.24, 2.45) is 0 Å². The maximum absolute atomic E-state index is 5.45. The molecule has 1 fully saturated rings. The number of methoxy groups -OCH3 is 2. The molecular weight excluding hydrogens is 288 g/mol. The van der Waals surface area contributed by atoms with Gasteiger partial charge in [-0.3, -0.25) is 9.80 Å². The quantitative estimate of drug-likeness (QED) is 0.819. The van der Waals surface area contributed by atoms with Crippen molar-refractivity contribution < 1.29 is 9.47 Å². The van der Waals surface area contributed by atoms with Crippen molar-refractivity contribution in [2.75, 3.05) is 34.0 Å². The summed E-state index contributed by atoms with van der Waals surface area (Å²) < 4.78 is 10.9. The minimum Gasteiger partial charge on any atom is -0.496 e. The minimum absolute atomic E-state index is 0.923. The lowest BCUT2D eigenvalue weighted by atomic mass is 10.2. The fourth-order valence-corrected chi connectivity index (χ4v) is 3.11. The van der Waals surface area contributed by atoms with Gasteiger partial charge in [0.25, 0.3) is 0 Å². The maximum atomic E-state index is 5.45. The van der Waals surface area contributed by atoms with Gasteiger partial charge in [0.2, 0.25) is 0 Å². The predicted molar refractivity (Wildman–Crippen MR) is 91.7 cm³/mol. The fraction of sp³-hybridized carbons (Fsp3) is 0.368. The van der Waals surface area contributed by atoms with Gasteiger partial charge in [0.1, 0.15) is 11.5 Å². The van der Waals surface area contributed by atoms with Gasteiger partial charge in [0.15, 0.2) is 0 Å². The van der Waals surface area contributed by atoms with Crippen LogP contribution in [0.3, 0.4) is 0 Å². The van der Waals surface area contributed by atoms with Crippen LogP contribution in [0.4, 0.5) is 0 Å². The van der Waals surface area contributed by atoms with Crippen LogP contribution in [0.2, 0.25) is 0 Å². The molecule has 0 bridgehead atoms. The molecule has 0 amide bonds. The van der Waals surface area contributed by atoms with Gasteiger partial charge in [-0.1, -0.05) is 36.4 Å². The number of hydrogen-bond acceptors (Lipinski definition) is 4. The molecular formula is C19H24N2O2. The van der Waals surface area contributed by atoms with E-state index in [-0.39, 0.29) is 0 Å². The monoisotopic (exact) mass is 312 g/mol. The van der Waals surface area contributed by atoms with Crippen LogP contribution in [-0.4, -0.2) is 43.8 Å². The highest BCUT2D eigenvalue weighted by atomic mass is 16.5. The summed E-state index contributed by atoms with van der Waals surface area (Å²) in [6.45, 7) is 4.97. The third-order valence-electron chi connectivity index (χ3n) is 4.31. The molecule has 1 heterocycles.